The molecule has 2 aromatic carbocycles. The number of rotatable bonds is 5. The first-order chi connectivity index (χ1) is 13.2. The zero-order valence-electron chi connectivity index (χ0n) is 15.1. The first-order valence-electron chi connectivity index (χ1n) is 8.43. The van der Waals surface area contributed by atoms with Gasteiger partial charge >= 0.3 is 13.2 Å². The number of carbonyl (C=O) groups excluding carboxylic acids is 1. The second kappa shape index (κ2) is 9.73. The lowest BCUT2D eigenvalue weighted by atomic mass is 10.0. The third kappa shape index (κ3) is 7.65. The predicted molar refractivity (Wildman–Crippen MR) is 98.0 cm³/mol. The minimum absolute atomic E-state index is 0.291. The second-order valence-electron chi connectivity index (χ2n) is 5.89. The van der Waals surface area contributed by atoms with E-state index in [1.54, 1.807) is 12.1 Å². The van der Waals surface area contributed by atoms with Crippen LogP contribution in [0.15, 0.2) is 73.3 Å². The number of hydrogen-bond acceptors (Lipinski definition) is 2. The standard InChI is InChI=1S/C19H19N2O2.BF4/c1-20-11-12-21(15-20)13-14-23-19(22)18-9-7-17(8-10-18)16-5-3-2-4-6-16;2-1(3,4)5/h2-12,15H,13-14H2,1H3;/q+1;-1. The molecule has 0 aliphatic heterocycles. The summed E-state index contributed by atoms with van der Waals surface area (Å²) in [5.74, 6) is -0.291. The molecule has 9 heteroatoms. The Hall–Kier alpha value is -3.10. The van der Waals surface area contributed by atoms with E-state index < -0.39 is 7.25 Å². The highest BCUT2D eigenvalue weighted by Crippen LogP contribution is 2.19. The van der Waals surface area contributed by atoms with Crippen molar-refractivity contribution in [1.29, 1.82) is 0 Å². The molecular formula is C19H19BF4N2O2. The van der Waals surface area contributed by atoms with Gasteiger partial charge in [0, 0.05) is 0 Å². The Labute approximate surface area is 160 Å². The fourth-order valence-electron chi connectivity index (χ4n) is 2.39. The molecule has 0 unspecified atom stereocenters. The number of benzene rings is 2. The van der Waals surface area contributed by atoms with E-state index in [9.17, 15) is 22.1 Å². The molecule has 0 saturated carbocycles. The van der Waals surface area contributed by atoms with Gasteiger partial charge in [0.25, 0.3) is 0 Å². The van der Waals surface area contributed by atoms with Crippen LogP contribution in [0.5, 0.6) is 0 Å². The van der Waals surface area contributed by atoms with Crippen LogP contribution in [-0.2, 0) is 18.3 Å². The highest BCUT2D eigenvalue weighted by molar-refractivity contribution is 6.50. The van der Waals surface area contributed by atoms with Gasteiger partial charge in [0.2, 0.25) is 6.33 Å². The highest BCUT2D eigenvalue weighted by Gasteiger charge is 2.20. The number of hydrogen-bond donors (Lipinski definition) is 0. The molecule has 0 bridgehead atoms. The minimum atomic E-state index is -6.00. The number of aryl methyl sites for hydroxylation is 1. The molecule has 4 nitrogen and oxygen atoms in total. The van der Waals surface area contributed by atoms with Gasteiger partial charge in [0.15, 0.2) is 0 Å². The van der Waals surface area contributed by atoms with Crippen LogP contribution in [0, 0.1) is 0 Å². The van der Waals surface area contributed by atoms with Gasteiger partial charge in [0.1, 0.15) is 25.5 Å². The zero-order chi connectivity index (χ0) is 20.6. The lowest BCUT2D eigenvalue weighted by molar-refractivity contribution is -0.671. The Morgan fingerprint density at radius 1 is 1.00 bits per heavy atom. The van der Waals surface area contributed by atoms with Crippen molar-refractivity contribution in [2.45, 2.75) is 6.54 Å². The monoisotopic (exact) mass is 394 g/mol. The smallest absolute Gasteiger partial charge is 0.458 e. The van der Waals surface area contributed by atoms with Gasteiger partial charge < -0.3 is 22.0 Å². The van der Waals surface area contributed by atoms with Gasteiger partial charge in [-0.25, -0.2) is 13.9 Å². The molecule has 28 heavy (non-hydrogen) atoms. The maximum atomic E-state index is 12.1. The fraction of sp³-hybridized carbons (Fsp3) is 0.158. The molecule has 0 aliphatic rings. The second-order valence-corrected chi connectivity index (χ2v) is 5.89. The summed E-state index contributed by atoms with van der Waals surface area (Å²) in [6.07, 6.45) is 5.84. The summed E-state index contributed by atoms with van der Waals surface area (Å²) in [5, 5.41) is 0. The summed E-state index contributed by atoms with van der Waals surface area (Å²) < 4.78 is 48.2. The summed E-state index contributed by atoms with van der Waals surface area (Å²) in [6.45, 7) is 1.00. The summed E-state index contributed by atoms with van der Waals surface area (Å²) >= 11 is 0. The summed E-state index contributed by atoms with van der Waals surface area (Å²) in [7, 11) is -4.04. The summed E-state index contributed by atoms with van der Waals surface area (Å²) in [5.41, 5.74) is 2.79. The van der Waals surface area contributed by atoms with Crippen LogP contribution in [0.2, 0.25) is 0 Å². The molecule has 0 atom stereocenters. The van der Waals surface area contributed by atoms with Crippen molar-refractivity contribution in [3.8, 4) is 11.1 Å². The largest absolute Gasteiger partial charge is 0.673 e. The molecule has 3 rings (SSSR count). The highest BCUT2D eigenvalue weighted by atomic mass is 19.5. The summed E-state index contributed by atoms with van der Waals surface area (Å²) in [4.78, 5) is 12.1. The average molecular weight is 394 g/mol. The number of imidazole rings is 1. The van der Waals surface area contributed by atoms with Crippen LogP contribution in [0.1, 0.15) is 10.4 Å². The average Bonchev–Trinajstić information content (AvgIpc) is 3.06. The van der Waals surface area contributed by atoms with E-state index in [-0.39, 0.29) is 5.97 Å². The topological polar surface area (TPSA) is 35.1 Å². The molecule has 148 valence electrons. The van der Waals surface area contributed by atoms with Crippen LogP contribution in [0.25, 0.3) is 11.1 Å². The van der Waals surface area contributed by atoms with Gasteiger partial charge in [-0.2, -0.15) is 0 Å². The van der Waals surface area contributed by atoms with Crippen molar-refractivity contribution >= 4 is 13.2 Å². The number of nitrogens with zero attached hydrogens (tertiary/aromatic N) is 2. The van der Waals surface area contributed by atoms with E-state index in [2.05, 4.69) is 0 Å². The number of ether oxygens (including phenoxy) is 1. The predicted octanol–water partition coefficient (Wildman–Crippen LogP) is 4.14. The Morgan fingerprint density at radius 3 is 2.11 bits per heavy atom. The molecule has 0 amide bonds. The van der Waals surface area contributed by atoms with Crippen LogP contribution >= 0.6 is 0 Å². The normalized spacial score (nSPS) is 10.8. The Morgan fingerprint density at radius 2 is 1.57 bits per heavy atom. The number of carbonyl (C=O) groups is 1. The van der Waals surface area contributed by atoms with E-state index in [1.807, 2.05) is 77.4 Å². The SMILES string of the molecule is C[n+]1ccn(CCOC(=O)c2ccc(-c3ccccc3)cc2)c1.F[B-](F)(F)F. The number of aromatic nitrogens is 2. The van der Waals surface area contributed by atoms with E-state index in [1.165, 1.54) is 0 Å². The maximum Gasteiger partial charge on any atom is 0.673 e. The molecule has 0 N–H and O–H groups in total. The van der Waals surface area contributed by atoms with Gasteiger partial charge in [-0.1, -0.05) is 42.5 Å². The van der Waals surface area contributed by atoms with Crippen LogP contribution in [0.3, 0.4) is 0 Å². The van der Waals surface area contributed by atoms with E-state index in [0.717, 1.165) is 11.1 Å². The lowest BCUT2D eigenvalue weighted by Gasteiger charge is -2.05. The minimum Gasteiger partial charge on any atom is -0.458 e. The Kier molecular flexibility index (Phi) is 7.37. The molecule has 0 radical (unpaired) electrons. The van der Waals surface area contributed by atoms with E-state index in [0.29, 0.717) is 18.7 Å². The maximum absolute atomic E-state index is 12.1. The number of halogens is 4. The molecule has 0 saturated heterocycles. The molecule has 3 aromatic rings. The quantitative estimate of drug-likeness (QED) is 0.282. The van der Waals surface area contributed by atoms with Crippen molar-refractivity contribution in [2.75, 3.05) is 6.61 Å². The van der Waals surface area contributed by atoms with E-state index >= 15 is 0 Å². The van der Waals surface area contributed by atoms with Crippen molar-refractivity contribution < 1.29 is 31.4 Å². The van der Waals surface area contributed by atoms with Gasteiger partial charge in [0.05, 0.1) is 12.6 Å². The molecule has 1 aromatic heterocycles. The molecule has 0 spiro atoms. The van der Waals surface area contributed by atoms with Crippen molar-refractivity contribution in [1.82, 2.24) is 4.57 Å². The van der Waals surface area contributed by atoms with Gasteiger partial charge in [-0.15, -0.1) is 0 Å². The van der Waals surface area contributed by atoms with Crippen LogP contribution < -0.4 is 4.57 Å². The lowest BCUT2D eigenvalue weighted by Crippen LogP contribution is -2.24. The fourth-order valence-corrected chi connectivity index (χ4v) is 2.39. The first kappa shape index (κ1) is 21.2. The number of esters is 1. The Bertz CT molecular complexity index is 875. The van der Waals surface area contributed by atoms with Gasteiger partial charge in [-0.05, 0) is 23.3 Å². The molecule has 0 aliphatic carbocycles. The van der Waals surface area contributed by atoms with Crippen molar-refractivity contribution in [2.24, 2.45) is 7.05 Å². The van der Waals surface area contributed by atoms with Crippen molar-refractivity contribution in [3.05, 3.63) is 78.9 Å². The first-order valence-corrected chi connectivity index (χ1v) is 8.43. The zero-order valence-corrected chi connectivity index (χ0v) is 15.1. The van der Waals surface area contributed by atoms with Crippen LogP contribution in [-0.4, -0.2) is 24.4 Å². The van der Waals surface area contributed by atoms with Crippen molar-refractivity contribution in [3.63, 3.8) is 0 Å². The van der Waals surface area contributed by atoms with E-state index in [4.69, 9.17) is 4.74 Å². The van der Waals surface area contributed by atoms with Gasteiger partial charge in [-0.3, -0.25) is 0 Å². The Balaban J connectivity index is 0.000000500. The third-order valence-electron chi connectivity index (χ3n) is 3.63. The molecule has 1 heterocycles. The molecule has 0 fully saturated rings. The third-order valence-corrected chi connectivity index (χ3v) is 3.63. The van der Waals surface area contributed by atoms with Crippen LogP contribution in [0.4, 0.5) is 17.3 Å². The molecular weight excluding hydrogens is 375 g/mol. The summed E-state index contributed by atoms with van der Waals surface area (Å²) in [6, 6.07) is 17.6.